The van der Waals surface area contributed by atoms with Gasteiger partial charge in [0.1, 0.15) is 5.82 Å². The molecule has 2 N–H and O–H groups in total. The number of alkyl halides is 3. The van der Waals surface area contributed by atoms with Gasteiger partial charge in [-0.3, -0.25) is 9.36 Å². The van der Waals surface area contributed by atoms with E-state index in [1.807, 2.05) is 5.32 Å². The molecule has 0 spiro atoms. The number of nitrogens with one attached hydrogen (secondary N) is 2. The summed E-state index contributed by atoms with van der Waals surface area (Å²) in [5.41, 5.74) is -3.80. The Balaban J connectivity index is 1.82. The Labute approximate surface area is 168 Å². The number of urea groups is 1. The molecule has 0 bridgehead atoms. The first-order valence-corrected chi connectivity index (χ1v) is 9.13. The molecule has 1 fully saturated rings. The van der Waals surface area contributed by atoms with Gasteiger partial charge in [-0.25, -0.2) is 14.2 Å². The fraction of sp³-hybridized carbons (Fsp3) is 0.350. The van der Waals surface area contributed by atoms with E-state index in [-0.39, 0.29) is 23.7 Å². The maximum Gasteiger partial charge on any atom is 0.427 e. The Morgan fingerprint density at radius 3 is 2.63 bits per heavy atom. The summed E-state index contributed by atoms with van der Waals surface area (Å²) in [5.74, 6) is 3.57. The first-order valence-electron chi connectivity index (χ1n) is 9.13. The minimum atomic E-state index is -4.98. The van der Waals surface area contributed by atoms with Crippen molar-refractivity contribution in [2.75, 3.05) is 5.32 Å². The topological polar surface area (TPSA) is 76.0 Å². The Morgan fingerprint density at radius 2 is 2.00 bits per heavy atom. The normalized spacial score (nSPS) is 20.5. The van der Waals surface area contributed by atoms with Crippen LogP contribution >= 0.6 is 0 Å². The van der Waals surface area contributed by atoms with E-state index < -0.39 is 34.7 Å². The molecule has 1 atom stereocenters. The van der Waals surface area contributed by atoms with Gasteiger partial charge < -0.3 is 10.6 Å². The Kier molecular flexibility index (Phi) is 4.56. The van der Waals surface area contributed by atoms with Gasteiger partial charge in [0.25, 0.3) is 5.56 Å². The lowest BCUT2D eigenvalue weighted by Crippen LogP contribution is -2.59. The molecule has 1 aromatic carbocycles. The number of halogens is 4. The van der Waals surface area contributed by atoms with Crippen molar-refractivity contribution in [3.8, 4) is 11.8 Å². The van der Waals surface area contributed by atoms with Crippen LogP contribution in [-0.4, -0.2) is 21.8 Å². The largest absolute Gasteiger partial charge is 0.427 e. The van der Waals surface area contributed by atoms with Gasteiger partial charge in [0, 0.05) is 34.5 Å². The second kappa shape index (κ2) is 6.86. The standard InChI is InChI=1S/C20H16F4N4O2/c1-11-6-17(29)28(10-25-11)9-13-7-16-14(8-15(13)21)19(20(22,23)24,27-18(30)26-16)5-4-12-2-3-12/h6-8,10,12H,2-3,9H2,1H3,(H2,26,27,30). The quantitative estimate of drug-likeness (QED) is 0.579. The lowest BCUT2D eigenvalue weighted by molar-refractivity contribution is -0.178. The van der Waals surface area contributed by atoms with Crippen molar-refractivity contribution < 1.29 is 22.4 Å². The third-order valence-electron chi connectivity index (χ3n) is 4.96. The fourth-order valence-electron chi connectivity index (χ4n) is 3.19. The SMILES string of the molecule is Cc1cc(=O)n(Cc2cc3c(cc2F)C(C#CC2CC2)(C(F)(F)F)NC(=O)N3)cn1. The van der Waals surface area contributed by atoms with Crippen LogP contribution < -0.4 is 16.2 Å². The number of anilines is 1. The molecule has 2 aliphatic rings. The highest BCUT2D eigenvalue weighted by Gasteiger charge is 2.59. The summed E-state index contributed by atoms with van der Waals surface area (Å²) in [4.78, 5) is 28.0. The van der Waals surface area contributed by atoms with Crippen molar-refractivity contribution in [1.29, 1.82) is 0 Å². The summed E-state index contributed by atoms with van der Waals surface area (Å²) < 4.78 is 58.1. The number of carbonyl (C=O) groups is 1. The number of hydrogen-bond acceptors (Lipinski definition) is 3. The van der Waals surface area contributed by atoms with E-state index in [0.717, 1.165) is 10.6 Å². The smallest absolute Gasteiger partial charge is 0.310 e. The lowest BCUT2D eigenvalue weighted by Gasteiger charge is -2.37. The molecule has 1 aliphatic heterocycles. The van der Waals surface area contributed by atoms with E-state index in [1.165, 1.54) is 12.4 Å². The molecule has 4 rings (SSSR count). The highest BCUT2D eigenvalue weighted by atomic mass is 19.4. The average molecular weight is 420 g/mol. The van der Waals surface area contributed by atoms with Crippen LogP contribution in [-0.2, 0) is 12.1 Å². The third kappa shape index (κ3) is 3.51. The Bertz CT molecular complexity index is 1160. The predicted octanol–water partition coefficient (Wildman–Crippen LogP) is 3.05. The molecule has 6 nitrogen and oxygen atoms in total. The minimum Gasteiger partial charge on any atom is -0.310 e. The van der Waals surface area contributed by atoms with Crippen molar-refractivity contribution in [2.45, 2.75) is 38.0 Å². The Hall–Kier alpha value is -3.35. The van der Waals surface area contributed by atoms with Crippen molar-refractivity contribution in [1.82, 2.24) is 14.9 Å². The number of rotatable bonds is 2. The summed E-state index contributed by atoms with van der Waals surface area (Å²) in [6.45, 7) is 1.36. The highest BCUT2D eigenvalue weighted by Crippen LogP contribution is 2.45. The Morgan fingerprint density at radius 1 is 1.27 bits per heavy atom. The third-order valence-corrected chi connectivity index (χ3v) is 4.96. The number of carbonyl (C=O) groups excluding carboxylic acids is 1. The van der Waals surface area contributed by atoms with E-state index in [0.29, 0.717) is 24.6 Å². The molecule has 2 amide bonds. The maximum atomic E-state index is 14.8. The number of benzene rings is 1. The second-order valence-corrected chi connectivity index (χ2v) is 7.36. The van der Waals surface area contributed by atoms with Crippen LogP contribution in [0.1, 0.15) is 29.7 Å². The van der Waals surface area contributed by atoms with Gasteiger partial charge in [-0.2, -0.15) is 13.2 Å². The van der Waals surface area contributed by atoms with Gasteiger partial charge in [0.05, 0.1) is 12.9 Å². The van der Waals surface area contributed by atoms with Crippen LogP contribution in [0.15, 0.2) is 29.3 Å². The number of amides is 2. The number of aromatic nitrogens is 2. The molecular weight excluding hydrogens is 404 g/mol. The second-order valence-electron chi connectivity index (χ2n) is 7.36. The van der Waals surface area contributed by atoms with Gasteiger partial charge in [0.2, 0.25) is 5.54 Å². The number of nitrogens with zero attached hydrogens (tertiary/aromatic N) is 2. The van der Waals surface area contributed by atoms with Crippen molar-refractivity contribution in [3.05, 3.63) is 57.5 Å². The fourth-order valence-corrected chi connectivity index (χ4v) is 3.19. The monoisotopic (exact) mass is 420 g/mol. The highest BCUT2D eigenvalue weighted by molar-refractivity contribution is 5.95. The molecule has 2 heterocycles. The molecule has 1 unspecified atom stereocenters. The minimum absolute atomic E-state index is 0.0741. The van der Waals surface area contributed by atoms with E-state index in [2.05, 4.69) is 22.1 Å². The van der Waals surface area contributed by atoms with E-state index >= 15 is 0 Å². The molecule has 30 heavy (non-hydrogen) atoms. The maximum absolute atomic E-state index is 14.8. The summed E-state index contributed by atoms with van der Waals surface area (Å²) in [6, 6.07) is 1.95. The molecule has 1 saturated carbocycles. The summed E-state index contributed by atoms with van der Waals surface area (Å²) in [6.07, 6.45) is -2.38. The molecule has 1 aromatic heterocycles. The molecule has 156 valence electrons. The predicted molar refractivity (Wildman–Crippen MR) is 99.1 cm³/mol. The first-order chi connectivity index (χ1) is 14.1. The lowest BCUT2D eigenvalue weighted by atomic mass is 9.85. The zero-order chi connectivity index (χ0) is 21.7. The summed E-state index contributed by atoms with van der Waals surface area (Å²) >= 11 is 0. The van der Waals surface area contributed by atoms with Crippen LogP contribution in [0.25, 0.3) is 0 Å². The van der Waals surface area contributed by atoms with Crippen LogP contribution in [0.2, 0.25) is 0 Å². The van der Waals surface area contributed by atoms with Crippen LogP contribution in [0.4, 0.5) is 28.0 Å². The van der Waals surface area contributed by atoms with Gasteiger partial charge in [-0.15, -0.1) is 0 Å². The van der Waals surface area contributed by atoms with Crippen LogP contribution in [0.3, 0.4) is 0 Å². The summed E-state index contributed by atoms with van der Waals surface area (Å²) in [5, 5.41) is 4.12. The zero-order valence-corrected chi connectivity index (χ0v) is 15.7. The van der Waals surface area contributed by atoms with E-state index in [9.17, 15) is 27.2 Å². The zero-order valence-electron chi connectivity index (χ0n) is 15.7. The van der Waals surface area contributed by atoms with Crippen molar-refractivity contribution in [3.63, 3.8) is 0 Å². The number of fused-ring (bicyclic) bond motifs is 1. The average Bonchev–Trinajstić information content (AvgIpc) is 3.46. The van der Waals surface area contributed by atoms with Crippen molar-refractivity contribution >= 4 is 11.7 Å². The van der Waals surface area contributed by atoms with E-state index in [1.54, 1.807) is 6.92 Å². The first kappa shape index (κ1) is 19.9. The van der Waals surface area contributed by atoms with E-state index in [4.69, 9.17) is 0 Å². The number of aryl methyl sites for hydroxylation is 1. The van der Waals surface area contributed by atoms with Crippen molar-refractivity contribution in [2.24, 2.45) is 5.92 Å². The number of hydrogen-bond donors (Lipinski definition) is 2. The molecule has 10 heteroatoms. The van der Waals surface area contributed by atoms with Gasteiger partial charge in [0.15, 0.2) is 0 Å². The van der Waals surface area contributed by atoms with Gasteiger partial charge in [-0.05, 0) is 31.9 Å². The van der Waals surface area contributed by atoms with Crippen LogP contribution in [0.5, 0.6) is 0 Å². The van der Waals surface area contributed by atoms with Gasteiger partial charge >= 0.3 is 12.2 Å². The van der Waals surface area contributed by atoms with Gasteiger partial charge in [-0.1, -0.05) is 11.8 Å². The molecule has 0 radical (unpaired) electrons. The molecule has 1 aliphatic carbocycles. The molecular formula is C20H16F4N4O2. The van der Waals surface area contributed by atoms with Crippen LogP contribution in [0, 0.1) is 30.5 Å². The molecule has 0 saturated heterocycles. The molecule has 2 aromatic rings. The summed E-state index contributed by atoms with van der Waals surface area (Å²) in [7, 11) is 0.